The van der Waals surface area contributed by atoms with Crippen LogP contribution in [0.4, 0.5) is 68.7 Å². The first kappa shape index (κ1) is 90.0. The Kier molecular flexibility index (Phi) is 22.2. The summed E-state index contributed by atoms with van der Waals surface area (Å²) in [5, 5.41) is 6.32. The molecule has 0 aliphatic heterocycles. The Labute approximate surface area is 810 Å². The minimum absolute atomic E-state index is 0.0218. The fourth-order valence-electron chi connectivity index (χ4n) is 18.5. The van der Waals surface area contributed by atoms with Crippen LogP contribution in [0.3, 0.4) is 0 Å². The Hall–Kier alpha value is -15.5. The molecule has 3 aliphatic carbocycles. The van der Waals surface area contributed by atoms with Gasteiger partial charge < -0.3 is 28.0 Å². The molecule has 6 heterocycles. The Balaban J connectivity index is 0.000000124. The molecule has 23 rings (SSSR count). The number of nitrogens with zero attached hydrogens (tertiary/aromatic N) is 3. The van der Waals surface area contributed by atoms with E-state index in [4.69, 9.17) is 13.3 Å². The average molecular weight is 1890 g/mol. The molecule has 0 radical (unpaired) electrons. The molecule has 0 unspecified atom stereocenters. The van der Waals surface area contributed by atoms with E-state index in [0.717, 1.165) is 130 Å². The third-order valence-electron chi connectivity index (χ3n) is 25.9. The topological polar surface area (TPSA) is 152 Å². The lowest BCUT2D eigenvalue weighted by atomic mass is 9.86. The van der Waals surface area contributed by atoms with Crippen molar-refractivity contribution in [2.24, 2.45) is 0 Å². The number of fused-ring (bicyclic) bond motifs is 14. The molecule has 12 nitrogen and oxygen atoms in total. The van der Waals surface area contributed by atoms with Gasteiger partial charge in [0.25, 0.3) is 0 Å². The maximum Gasteiger partial charge on any atom is 0.197 e. The van der Waals surface area contributed by atoms with Gasteiger partial charge >= 0.3 is 0 Å². The van der Waals surface area contributed by atoms with E-state index < -0.39 is 23.3 Å². The molecular formula is C120H89F4N3O9S3. The van der Waals surface area contributed by atoms with Gasteiger partial charge in [0.05, 0.1) is 42.2 Å². The molecule has 0 fully saturated rings. The summed E-state index contributed by atoms with van der Waals surface area (Å²) in [5.41, 5.74) is 17.2. The molecule has 0 N–H and O–H groups in total. The minimum Gasteiger partial charge on any atom is -0.455 e. The summed E-state index contributed by atoms with van der Waals surface area (Å²) < 4.78 is 81.2. The van der Waals surface area contributed by atoms with Crippen molar-refractivity contribution < 1.29 is 59.6 Å². The van der Waals surface area contributed by atoms with Crippen LogP contribution in [0.2, 0.25) is 0 Å². The van der Waals surface area contributed by atoms with Crippen LogP contribution in [0.25, 0.3) is 101 Å². The number of carbonyl (C=O) groups excluding carboxylic acids is 6. The van der Waals surface area contributed by atoms with E-state index in [1.807, 2.05) is 72.8 Å². The van der Waals surface area contributed by atoms with Gasteiger partial charge in [-0.25, -0.2) is 17.6 Å². The number of allylic oxidation sites excluding steroid dienone is 3. The third-order valence-corrected chi connectivity index (χ3v) is 29.1. The normalized spacial score (nSPS) is 13.4. The maximum atomic E-state index is 14.2. The molecule has 684 valence electrons. The molecule has 19 heteroatoms. The summed E-state index contributed by atoms with van der Waals surface area (Å²) in [5.74, 6) is -3.80. The fourth-order valence-corrected chi connectivity index (χ4v) is 21.9. The third kappa shape index (κ3) is 16.9. The van der Waals surface area contributed by atoms with Gasteiger partial charge in [-0.15, -0.1) is 34.0 Å². The number of benzene rings is 14. The lowest BCUT2D eigenvalue weighted by molar-refractivity contribution is 0.0974. The fraction of sp³-hybridized carbons (Fsp3) is 0.133. The number of hydrogen-bond acceptors (Lipinski definition) is 15. The van der Waals surface area contributed by atoms with E-state index in [2.05, 4.69) is 226 Å². The largest absolute Gasteiger partial charge is 0.455 e. The van der Waals surface area contributed by atoms with E-state index in [-0.39, 0.29) is 84.5 Å². The predicted molar refractivity (Wildman–Crippen MR) is 558 cm³/mol. The first-order valence-electron chi connectivity index (χ1n) is 45.7. The van der Waals surface area contributed by atoms with Gasteiger partial charge in [0.15, 0.2) is 51.4 Å². The van der Waals surface area contributed by atoms with Gasteiger partial charge in [0.1, 0.15) is 40.5 Å². The second kappa shape index (κ2) is 34.3. The molecule has 3 aliphatic rings. The highest BCUT2D eigenvalue weighted by atomic mass is 32.1. The summed E-state index contributed by atoms with van der Waals surface area (Å²) in [6.45, 7) is 26.8. The molecule has 0 saturated heterocycles. The van der Waals surface area contributed by atoms with Gasteiger partial charge in [0, 0.05) is 134 Å². The number of hydrogen-bond donors (Lipinski definition) is 0. The number of anilines is 9. The number of rotatable bonds is 12. The van der Waals surface area contributed by atoms with Gasteiger partial charge in [0.2, 0.25) is 0 Å². The lowest BCUT2D eigenvalue weighted by Gasteiger charge is -2.28. The highest BCUT2D eigenvalue weighted by molar-refractivity contribution is 7.26. The van der Waals surface area contributed by atoms with Gasteiger partial charge in [-0.2, -0.15) is 0 Å². The standard InChI is InChI=1S/C44H37NO3S.C40H35NO3S.C36H17F4NO3S/c1-43(2,3)28-11-15-30(16-12-28)45(31-17-13-29(14-18-31)44(4,5)6)32-19-20-34-38(23-32)49-39-25-33(48-42(34)39)24-37-40(46)35-21-26-9-7-8-10-27(26)22-36(35)41(37)47;1-39(2,3)24-11-15-26(16-12-24)41(27-17-13-25(14-18-27)40(4,5)6)28-19-20-32-34(21-28)45-35-23-29(44-38(32)35)22-33-36(42)30-9-7-8-10-31(30)37(33)43;37-20-9-21(38)12-25(11-20)41(26-13-22(39)10-23(40)14-26)24-5-6-28-32(15-24)45-33-17-27(44-36(28)33)16-31-34(42)29-7-18-3-1-2-4-19(18)8-30(29)35(31)43/h7-25H,1-6H3;7-23H,1-6H3;1-17H. The molecule has 0 spiro atoms. The van der Waals surface area contributed by atoms with E-state index in [1.165, 1.54) is 44.6 Å². The SMILES string of the molecule is CC(C)(C)c1ccc(N(c2ccc(C(C)(C)C)cc2)c2ccc3c(c2)sc2cc(C=C4C(=O)c5cc6ccccc6cc5C4=O)oc23)cc1.CC(C)(C)c1ccc(N(c2ccc(C(C)(C)C)cc2)c2ccc3c(c2)sc2cc(C=C4C(=O)c5ccccc5C4=O)oc23)cc1.O=C1C(=Cc2cc3sc4cc(N(c5cc(F)cc(F)c5)c5cc(F)cc(F)c5)ccc4c3o2)C(=O)c2cc3ccccc3cc21. The molecule has 0 amide bonds. The predicted octanol–water partition coefficient (Wildman–Crippen LogP) is 33.8. The average Bonchev–Trinajstić information content (AvgIpc) is 1.65. The first-order valence-corrected chi connectivity index (χ1v) is 48.1. The monoisotopic (exact) mass is 1890 g/mol. The smallest absolute Gasteiger partial charge is 0.197 e. The first-order chi connectivity index (χ1) is 66.4. The summed E-state index contributed by atoms with van der Waals surface area (Å²) in [6, 6.07) is 94.0. The van der Waals surface area contributed by atoms with E-state index >= 15 is 0 Å². The van der Waals surface area contributed by atoms with Crippen LogP contribution in [0, 0.1) is 23.3 Å². The zero-order chi connectivity index (χ0) is 96.9. The van der Waals surface area contributed by atoms with E-state index in [9.17, 15) is 46.3 Å². The molecule has 0 bridgehead atoms. The summed E-state index contributed by atoms with van der Waals surface area (Å²) in [7, 11) is 0. The number of halogens is 4. The van der Waals surface area contributed by atoms with Crippen molar-refractivity contribution in [3.8, 4) is 0 Å². The quantitative estimate of drug-likeness (QED) is 0.0650. The van der Waals surface area contributed by atoms with E-state index in [0.29, 0.717) is 79.5 Å². The number of ketones is 6. The van der Waals surface area contributed by atoms with Crippen molar-refractivity contribution in [3.05, 3.63) is 416 Å². The summed E-state index contributed by atoms with van der Waals surface area (Å²) in [6.07, 6.45) is 4.65. The van der Waals surface area contributed by atoms with Gasteiger partial charge in [-0.1, -0.05) is 204 Å². The second-order valence-corrected chi connectivity index (χ2v) is 42.8. The molecule has 0 atom stereocenters. The van der Waals surface area contributed by atoms with Crippen LogP contribution in [0.5, 0.6) is 0 Å². The van der Waals surface area contributed by atoms with Crippen LogP contribution in [0.15, 0.2) is 333 Å². The zero-order valence-electron chi connectivity index (χ0n) is 77.9. The van der Waals surface area contributed by atoms with Crippen molar-refractivity contribution >= 4 is 221 Å². The Morgan fingerprint density at radius 1 is 0.230 bits per heavy atom. The van der Waals surface area contributed by atoms with Crippen molar-refractivity contribution in [2.75, 3.05) is 14.7 Å². The van der Waals surface area contributed by atoms with Crippen molar-refractivity contribution in [3.63, 3.8) is 0 Å². The lowest BCUT2D eigenvalue weighted by Crippen LogP contribution is -2.14. The van der Waals surface area contributed by atoms with Crippen LogP contribution < -0.4 is 14.7 Å². The highest BCUT2D eigenvalue weighted by Crippen LogP contribution is 2.49. The molecule has 139 heavy (non-hydrogen) atoms. The number of carbonyl (C=O) groups is 6. The van der Waals surface area contributed by atoms with Crippen LogP contribution in [0.1, 0.15) is 185 Å². The molecule has 0 saturated carbocycles. The minimum atomic E-state index is -0.848. The Morgan fingerprint density at radius 2 is 0.453 bits per heavy atom. The molecule has 14 aromatic carbocycles. The van der Waals surface area contributed by atoms with Crippen LogP contribution in [-0.2, 0) is 21.7 Å². The summed E-state index contributed by atoms with van der Waals surface area (Å²) in [4.78, 5) is 84.9. The summed E-state index contributed by atoms with van der Waals surface area (Å²) >= 11 is 4.64. The van der Waals surface area contributed by atoms with Crippen LogP contribution in [-0.4, -0.2) is 34.7 Å². The number of Topliss-reactive ketones (excluding diaryl/α,β-unsaturated/α-hetero) is 6. The Bertz CT molecular complexity index is 8310. The van der Waals surface area contributed by atoms with Gasteiger partial charge in [-0.05, 0) is 235 Å². The zero-order valence-corrected chi connectivity index (χ0v) is 80.3. The van der Waals surface area contributed by atoms with Gasteiger partial charge in [-0.3, -0.25) is 28.8 Å². The molecular weight excluding hydrogens is 1800 g/mol. The molecule has 20 aromatic rings. The van der Waals surface area contributed by atoms with Crippen molar-refractivity contribution in [2.45, 2.75) is 105 Å². The van der Waals surface area contributed by atoms with Crippen LogP contribution >= 0.6 is 34.0 Å². The highest BCUT2D eigenvalue weighted by Gasteiger charge is 2.38. The number of thiophene rings is 3. The molecule has 6 aromatic heterocycles. The Morgan fingerprint density at radius 3 is 0.698 bits per heavy atom. The number of furan rings is 3. The maximum absolute atomic E-state index is 14.2. The second-order valence-electron chi connectivity index (χ2n) is 39.5. The van der Waals surface area contributed by atoms with E-state index in [1.54, 1.807) is 95.5 Å². The van der Waals surface area contributed by atoms with Crippen molar-refractivity contribution in [1.29, 1.82) is 0 Å². The van der Waals surface area contributed by atoms with Crippen molar-refractivity contribution in [1.82, 2.24) is 0 Å².